The lowest BCUT2D eigenvalue weighted by atomic mass is 10.2. The number of esters is 1. The lowest BCUT2D eigenvalue weighted by Gasteiger charge is -2.11. The van der Waals surface area contributed by atoms with Crippen LogP contribution in [0, 0.1) is 11.6 Å². The van der Waals surface area contributed by atoms with E-state index in [-0.39, 0.29) is 21.4 Å². The van der Waals surface area contributed by atoms with Crippen LogP contribution in [0.4, 0.5) is 13.9 Å². The molecule has 3 aromatic carbocycles. The van der Waals surface area contributed by atoms with Gasteiger partial charge < -0.3 is 4.74 Å². The van der Waals surface area contributed by atoms with Crippen LogP contribution >= 0.6 is 34.5 Å². The maximum absolute atomic E-state index is 13.9. The molecular weight excluding hydrogens is 491 g/mol. The van der Waals surface area contributed by atoms with Crippen molar-refractivity contribution in [1.29, 1.82) is 0 Å². The summed E-state index contributed by atoms with van der Waals surface area (Å²) in [6.07, 6.45) is 1.31. The van der Waals surface area contributed by atoms with Crippen molar-refractivity contribution in [3.63, 3.8) is 0 Å². The van der Waals surface area contributed by atoms with Crippen molar-refractivity contribution < 1.29 is 18.3 Å². The number of hydrogen-bond donors (Lipinski definition) is 1. The van der Waals surface area contributed by atoms with E-state index in [1.807, 2.05) is 35.7 Å². The van der Waals surface area contributed by atoms with Gasteiger partial charge in [0.2, 0.25) is 5.13 Å². The van der Waals surface area contributed by atoms with E-state index in [0.717, 1.165) is 29.5 Å². The zero-order chi connectivity index (χ0) is 23.4. The lowest BCUT2D eigenvalue weighted by molar-refractivity contribution is 0.0724. The summed E-state index contributed by atoms with van der Waals surface area (Å²) in [6.45, 7) is 0. The highest BCUT2D eigenvalue weighted by Crippen LogP contribution is 2.33. The molecular formula is C23H13Cl2F2N3O2S. The molecule has 166 valence electrons. The van der Waals surface area contributed by atoms with Crippen molar-refractivity contribution >= 4 is 51.9 Å². The minimum atomic E-state index is -1.25. The fraction of sp³-hybridized carbons (Fsp3) is 0. The van der Waals surface area contributed by atoms with Gasteiger partial charge in [-0.3, -0.25) is 5.43 Å². The first kappa shape index (κ1) is 22.8. The number of nitrogens with one attached hydrogen (secondary N) is 1. The molecule has 5 nitrogen and oxygen atoms in total. The van der Waals surface area contributed by atoms with Gasteiger partial charge in [-0.25, -0.2) is 18.6 Å². The summed E-state index contributed by atoms with van der Waals surface area (Å²) in [5.41, 5.74) is 3.91. The van der Waals surface area contributed by atoms with E-state index >= 15 is 0 Å². The number of ether oxygens (including phenoxy) is 1. The molecule has 0 amide bonds. The summed E-state index contributed by atoms with van der Waals surface area (Å²) in [7, 11) is 0. The van der Waals surface area contributed by atoms with Crippen LogP contribution in [-0.2, 0) is 0 Å². The molecule has 10 heteroatoms. The molecule has 0 saturated carbocycles. The van der Waals surface area contributed by atoms with E-state index in [2.05, 4.69) is 15.5 Å². The van der Waals surface area contributed by atoms with Crippen LogP contribution in [-0.4, -0.2) is 17.2 Å². The van der Waals surface area contributed by atoms with E-state index in [0.29, 0.717) is 5.13 Å². The molecule has 33 heavy (non-hydrogen) atoms. The monoisotopic (exact) mass is 503 g/mol. The molecule has 1 aromatic heterocycles. The molecule has 0 unspecified atom stereocenters. The van der Waals surface area contributed by atoms with Gasteiger partial charge in [0, 0.05) is 21.5 Å². The van der Waals surface area contributed by atoms with Gasteiger partial charge in [-0.15, -0.1) is 11.3 Å². The topological polar surface area (TPSA) is 63.6 Å². The summed E-state index contributed by atoms with van der Waals surface area (Å²) < 4.78 is 33.1. The van der Waals surface area contributed by atoms with Crippen molar-refractivity contribution in [2.45, 2.75) is 0 Å². The van der Waals surface area contributed by atoms with Crippen molar-refractivity contribution in [3.8, 4) is 17.0 Å². The van der Waals surface area contributed by atoms with Gasteiger partial charge in [0.1, 0.15) is 17.2 Å². The normalized spacial score (nSPS) is 11.0. The molecule has 0 bridgehead atoms. The van der Waals surface area contributed by atoms with E-state index < -0.39 is 23.2 Å². The number of aromatic nitrogens is 1. The first-order valence-electron chi connectivity index (χ1n) is 9.37. The Balaban J connectivity index is 1.55. The van der Waals surface area contributed by atoms with Gasteiger partial charge in [0.25, 0.3) is 0 Å². The number of carbonyl (C=O) groups is 1. The Labute approximate surface area is 201 Å². The van der Waals surface area contributed by atoms with Crippen molar-refractivity contribution in [3.05, 3.63) is 98.9 Å². The number of carbonyl (C=O) groups excluding carboxylic acids is 1. The Morgan fingerprint density at radius 3 is 2.52 bits per heavy atom. The zero-order valence-corrected chi connectivity index (χ0v) is 18.9. The molecule has 0 atom stereocenters. The maximum Gasteiger partial charge on any atom is 0.349 e. The van der Waals surface area contributed by atoms with Gasteiger partial charge in [0.05, 0.1) is 16.9 Å². The minimum absolute atomic E-state index is 0.0327. The van der Waals surface area contributed by atoms with Gasteiger partial charge >= 0.3 is 5.97 Å². The van der Waals surface area contributed by atoms with E-state index in [9.17, 15) is 13.6 Å². The highest BCUT2D eigenvalue weighted by Gasteiger charge is 2.22. The summed E-state index contributed by atoms with van der Waals surface area (Å²) in [4.78, 5) is 16.9. The average Bonchev–Trinajstić information content (AvgIpc) is 3.25. The number of nitrogens with zero attached hydrogens (tertiary/aromatic N) is 2. The number of hydrazone groups is 1. The molecule has 0 fully saturated rings. The van der Waals surface area contributed by atoms with Crippen LogP contribution in [0.1, 0.15) is 15.9 Å². The highest BCUT2D eigenvalue weighted by atomic mass is 35.5. The minimum Gasteiger partial charge on any atom is -0.420 e. The second-order valence-corrected chi connectivity index (χ2v) is 8.27. The van der Waals surface area contributed by atoms with Crippen LogP contribution < -0.4 is 10.2 Å². The predicted octanol–water partition coefficient (Wildman–Crippen LogP) is 7.06. The second kappa shape index (κ2) is 10.1. The lowest BCUT2D eigenvalue weighted by Crippen LogP contribution is -2.14. The third kappa shape index (κ3) is 5.36. The maximum atomic E-state index is 13.9. The van der Waals surface area contributed by atoms with Crippen LogP contribution in [0.3, 0.4) is 0 Å². The number of hydrogen-bond acceptors (Lipinski definition) is 6. The quantitative estimate of drug-likeness (QED) is 0.132. The molecule has 4 rings (SSSR count). The molecule has 0 radical (unpaired) electrons. The Kier molecular flexibility index (Phi) is 6.98. The standard InChI is InChI=1S/C23H13Cl2F2N3O2S/c24-15-9-14(11-28-30-23-29-19(12-33-23)13-5-2-1-3-6-13)21(16(25)10-15)32-22(31)20-17(26)7-4-8-18(20)27/h1-12H,(H,29,30). The fourth-order valence-corrected chi connectivity index (χ4v) is 4.06. The van der Waals surface area contributed by atoms with Gasteiger partial charge in [-0.2, -0.15) is 5.10 Å². The van der Waals surface area contributed by atoms with E-state index in [4.69, 9.17) is 27.9 Å². The fourth-order valence-electron chi connectivity index (χ4n) is 2.84. The molecule has 0 aliphatic rings. The van der Waals surface area contributed by atoms with Crippen LogP contribution in [0.2, 0.25) is 10.0 Å². The largest absolute Gasteiger partial charge is 0.420 e. The molecule has 1 heterocycles. The smallest absolute Gasteiger partial charge is 0.349 e. The Morgan fingerprint density at radius 2 is 1.79 bits per heavy atom. The van der Waals surface area contributed by atoms with Gasteiger partial charge in [-0.05, 0) is 24.3 Å². The summed E-state index contributed by atoms with van der Waals surface area (Å²) in [5, 5.41) is 6.70. The summed E-state index contributed by atoms with van der Waals surface area (Å²) in [6, 6.07) is 15.4. The Morgan fingerprint density at radius 1 is 1.06 bits per heavy atom. The number of rotatable bonds is 6. The Bertz CT molecular complexity index is 1330. The first-order chi connectivity index (χ1) is 15.9. The molecule has 0 spiro atoms. The number of thiazole rings is 1. The molecule has 1 N–H and O–H groups in total. The van der Waals surface area contributed by atoms with Crippen LogP contribution in [0.5, 0.6) is 5.75 Å². The van der Waals surface area contributed by atoms with Crippen molar-refractivity contribution in [1.82, 2.24) is 4.98 Å². The predicted molar refractivity (Wildman–Crippen MR) is 127 cm³/mol. The van der Waals surface area contributed by atoms with Crippen molar-refractivity contribution in [2.75, 3.05) is 5.43 Å². The average molecular weight is 504 g/mol. The summed E-state index contributed by atoms with van der Waals surface area (Å²) >= 11 is 13.6. The number of anilines is 1. The number of benzene rings is 3. The highest BCUT2D eigenvalue weighted by molar-refractivity contribution is 7.14. The molecule has 0 aliphatic heterocycles. The Hall–Kier alpha value is -3.33. The summed E-state index contributed by atoms with van der Waals surface area (Å²) in [5.74, 6) is -3.51. The van der Waals surface area contributed by atoms with Crippen molar-refractivity contribution in [2.24, 2.45) is 5.10 Å². The van der Waals surface area contributed by atoms with Gasteiger partial charge in [0.15, 0.2) is 5.75 Å². The first-order valence-corrected chi connectivity index (χ1v) is 11.0. The molecule has 0 saturated heterocycles. The SMILES string of the molecule is O=C(Oc1c(Cl)cc(Cl)cc1C=NNc1nc(-c2ccccc2)cs1)c1c(F)cccc1F. The van der Waals surface area contributed by atoms with Crippen LogP contribution in [0.15, 0.2) is 71.1 Å². The molecule has 4 aromatic rings. The van der Waals surface area contributed by atoms with E-state index in [1.54, 1.807) is 0 Å². The van der Waals surface area contributed by atoms with Crippen LogP contribution in [0.25, 0.3) is 11.3 Å². The second-order valence-electron chi connectivity index (χ2n) is 6.57. The third-order valence-electron chi connectivity index (χ3n) is 4.34. The zero-order valence-electron chi connectivity index (χ0n) is 16.6. The molecule has 0 aliphatic carbocycles. The van der Waals surface area contributed by atoms with E-state index in [1.165, 1.54) is 29.7 Å². The third-order valence-corrected chi connectivity index (χ3v) is 5.58. The van der Waals surface area contributed by atoms with Gasteiger partial charge in [-0.1, -0.05) is 59.6 Å². The number of halogens is 4.